The van der Waals surface area contributed by atoms with Gasteiger partial charge in [0.15, 0.2) is 11.5 Å². The second kappa shape index (κ2) is 5.96. The summed E-state index contributed by atoms with van der Waals surface area (Å²) in [6, 6.07) is 1.59. The van der Waals surface area contributed by atoms with Gasteiger partial charge in [0.2, 0.25) is 0 Å². The summed E-state index contributed by atoms with van der Waals surface area (Å²) in [5, 5.41) is 15.8. The number of nitrogens with zero attached hydrogens (tertiary/aromatic N) is 1. The molecular weight excluding hydrogens is 162 g/mol. The molecule has 66 valence electrons. The Kier molecular flexibility index (Phi) is 5.08. The first-order valence-electron chi connectivity index (χ1n) is 3.01. The van der Waals surface area contributed by atoms with E-state index in [1.54, 1.807) is 12.3 Å². The lowest BCUT2D eigenvalue weighted by Gasteiger charge is -1.98. The lowest BCUT2D eigenvalue weighted by atomic mass is 10.4. The Labute approximate surface area is 69.3 Å². The maximum absolute atomic E-state index is 8.92. The van der Waals surface area contributed by atoms with Crippen molar-refractivity contribution in [2.75, 3.05) is 7.11 Å². The smallest absolute Gasteiger partial charge is 0.290 e. The molecule has 0 amide bonds. The number of rotatable bonds is 1. The van der Waals surface area contributed by atoms with Crippen molar-refractivity contribution >= 4 is 6.47 Å². The van der Waals surface area contributed by atoms with E-state index in [0.29, 0.717) is 5.75 Å². The molecule has 1 aromatic rings. The summed E-state index contributed by atoms with van der Waals surface area (Å²) in [7, 11) is 1.50. The lowest BCUT2D eigenvalue weighted by Crippen LogP contribution is -1.82. The number of methoxy groups -OCH3 is 1. The molecule has 12 heavy (non-hydrogen) atoms. The molecule has 0 aromatic carbocycles. The zero-order valence-electron chi connectivity index (χ0n) is 6.47. The van der Waals surface area contributed by atoms with Crippen LogP contribution in [0.2, 0.25) is 0 Å². The quantitative estimate of drug-likeness (QED) is 0.601. The lowest BCUT2D eigenvalue weighted by molar-refractivity contribution is -0.122. The van der Waals surface area contributed by atoms with Crippen LogP contribution in [0, 0.1) is 0 Å². The summed E-state index contributed by atoms with van der Waals surface area (Å²) in [5.74, 6) is 0.519. The summed E-state index contributed by atoms with van der Waals surface area (Å²) < 4.78 is 4.75. The molecule has 1 heterocycles. The van der Waals surface area contributed by atoms with E-state index in [1.165, 1.54) is 13.3 Å². The van der Waals surface area contributed by atoms with Gasteiger partial charge in [0.25, 0.3) is 6.47 Å². The van der Waals surface area contributed by atoms with Crippen molar-refractivity contribution in [3.63, 3.8) is 0 Å². The van der Waals surface area contributed by atoms with Gasteiger partial charge in [-0.2, -0.15) is 0 Å². The van der Waals surface area contributed by atoms with Gasteiger partial charge < -0.3 is 14.9 Å². The number of hydrogen-bond donors (Lipinski definition) is 2. The Hall–Kier alpha value is -1.78. The molecule has 0 bridgehead atoms. The monoisotopic (exact) mass is 171 g/mol. The molecule has 0 unspecified atom stereocenters. The highest BCUT2D eigenvalue weighted by atomic mass is 16.5. The van der Waals surface area contributed by atoms with Crippen LogP contribution < -0.4 is 4.74 Å². The number of pyridine rings is 1. The highest BCUT2D eigenvalue weighted by molar-refractivity contribution is 5.34. The zero-order valence-corrected chi connectivity index (χ0v) is 6.47. The molecule has 0 fully saturated rings. The molecule has 0 aliphatic rings. The third-order valence-electron chi connectivity index (χ3n) is 0.981. The largest absolute Gasteiger partial charge is 0.503 e. The van der Waals surface area contributed by atoms with Crippen molar-refractivity contribution in [3.8, 4) is 11.5 Å². The van der Waals surface area contributed by atoms with Gasteiger partial charge >= 0.3 is 0 Å². The van der Waals surface area contributed by atoms with Gasteiger partial charge in [-0.1, -0.05) is 0 Å². The number of hydrogen-bond acceptors (Lipinski definition) is 4. The van der Waals surface area contributed by atoms with Crippen LogP contribution >= 0.6 is 0 Å². The van der Waals surface area contributed by atoms with Gasteiger partial charge in [0.1, 0.15) is 0 Å². The molecule has 0 aliphatic heterocycles. The molecule has 0 saturated heterocycles. The van der Waals surface area contributed by atoms with E-state index in [1.807, 2.05) is 0 Å². The van der Waals surface area contributed by atoms with E-state index in [2.05, 4.69) is 4.98 Å². The molecular formula is C7H9NO4. The zero-order chi connectivity index (χ0) is 9.40. The van der Waals surface area contributed by atoms with E-state index < -0.39 is 0 Å². The normalized spacial score (nSPS) is 7.75. The van der Waals surface area contributed by atoms with Crippen molar-refractivity contribution in [2.45, 2.75) is 0 Å². The third-order valence-corrected chi connectivity index (χ3v) is 0.981. The van der Waals surface area contributed by atoms with E-state index in [4.69, 9.17) is 19.7 Å². The van der Waals surface area contributed by atoms with Crippen molar-refractivity contribution in [1.82, 2.24) is 4.98 Å². The Morgan fingerprint density at radius 3 is 2.58 bits per heavy atom. The number of aromatic nitrogens is 1. The SMILES string of the molecule is COc1ccncc1O.O=CO. The summed E-state index contributed by atoms with van der Waals surface area (Å²) >= 11 is 0. The van der Waals surface area contributed by atoms with Gasteiger partial charge in [-0.25, -0.2) is 0 Å². The molecule has 2 N–H and O–H groups in total. The highest BCUT2D eigenvalue weighted by Crippen LogP contribution is 2.21. The molecule has 5 nitrogen and oxygen atoms in total. The Balaban J connectivity index is 0.000000354. The third kappa shape index (κ3) is 3.40. The Morgan fingerprint density at radius 2 is 2.25 bits per heavy atom. The van der Waals surface area contributed by atoms with Crippen molar-refractivity contribution < 1.29 is 19.7 Å². The van der Waals surface area contributed by atoms with Gasteiger partial charge in [-0.3, -0.25) is 9.78 Å². The summed E-state index contributed by atoms with van der Waals surface area (Å²) in [6.45, 7) is -0.250. The van der Waals surface area contributed by atoms with Crippen LogP contribution in [0.25, 0.3) is 0 Å². The van der Waals surface area contributed by atoms with Crippen LogP contribution in [-0.4, -0.2) is 28.8 Å². The first-order chi connectivity index (χ1) is 5.76. The molecule has 0 radical (unpaired) electrons. The number of carboxylic acid groups (broad SMARTS) is 1. The molecule has 5 heteroatoms. The van der Waals surface area contributed by atoms with E-state index in [-0.39, 0.29) is 12.2 Å². The van der Waals surface area contributed by atoms with Crippen molar-refractivity contribution in [2.24, 2.45) is 0 Å². The predicted molar refractivity (Wildman–Crippen MR) is 41.1 cm³/mol. The van der Waals surface area contributed by atoms with Crippen LogP contribution in [0.5, 0.6) is 11.5 Å². The predicted octanol–water partition coefficient (Wildman–Crippen LogP) is 0.497. The minimum Gasteiger partial charge on any atom is -0.503 e. The average Bonchev–Trinajstić information content (AvgIpc) is 2.07. The fourth-order valence-corrected chi connectivity index (χ4v) is 0.546. The second-order valence-electron chi connectivity index (χ2n) is 1.65. The van der Waals surface area contributed by atoms with Crippen LogP contribution in [0.3, 0.4) is 0 Å². The topological polar surface area (TPSA) is 79.7 Å². The number of aromatic hydroxyl groups is 1. The van der Waals surface area contributed by atoms with E-state index in [0.717, 1.165) is 0 Å². The maximum Gasteiger partial charge on any atom is 0.290 e. The van der Waals surface area contributed by atoms with Crippen molar-refractivity contribution in [3.05, 3.63) is 18.5 Å². The standard InChI is InChI=1S/C6H7NO2.CH2O2/c1-9-6-2-3-7-4-5(6)8;2-1-3/h2-4,8H,1H3;1H,(H,2,3). The molecule has 0 aliphatic carbocycles. The molecule has 0 atom stereocenters. The number of carbonyl (C=O) groups is 1. The van der Waals surface area contributed by atoms with Gasteiger partial charge in [-0.05, 0) is 0 Å². The van der Waals surface area contributed by atoms with Crippen LogP contribution in [0.4, 0.5) is 0 Å². The molecule has 0 spiro atoms. The van der Waals surface area contributed by atoms with Gasteiger partial charge in [-0.15, -0.1) is 0 Å². The Bertz CT molecular complexity index is 239. The average molecular weight is 171 g/mol. The first kappa shape index (κ1) is 10.2. The van der Waals surface area contributed by atoms with Crippen molar-refractivity contribution in [1.29, 1.82) is 0 Å². The Morgan fingerprint density at radius 1 is 1.67 bits per heavy atom. The van der Waals surface area contributed by atoms with E-state index in [9.17, 15) is 0 Å². The fourth-order valence-electron chi connectivity index (χ4n) is 0.546. The highest BCUT2D eigenvalue weighted by Gasteiger charge is 1.95. The summed E-state index contributed by atoms with van der Waals surface area (Å²) in [6.07, 6.45) is 2.89. The second-order valence-corrected chi connectivity index (χ2v) is 1.65. The summed E-state index contributed by atoms with van der Waals surface area (Å²) in [4.78, 5) is 12.0. The van der Waals surface area contributed by atoms with Crippen LogP contribution in [0.1, 0.15) is 0 Å². The maximum atomic E-state index is 8.92. The minimum atomic E-state index is -0.250. The van der Waals surface area contributed by atoms with Gasteiger partial charge in [0, 0.05) is 12.3 Å². The molecule has 1 aromatic heterocycles. The fraction of sp³-hybridized carbons (Fsp3) is 0.143. The van der Waals surface area contributed by atoms with E-state index >= 15 is 0 Å². The van der Waals surface area contributed by atoms with Crippen LogP contribution in [0.15, 0.2) is 18.5 Å². The van der Waals surface area contributed by atoms with Crippen LogP contribution in [-0.2, 0) is 4.79 Å². The molecule has 0 saturated carbocycles. The summed E-state index contributed by atoms with van der Waals surface area (Å²) in [5.41, 5.74) is 0. The molecule has 1 rings (SSSR count). The number of ether oxygens (including phenoxy) is 1. The minimum absolute atomic E-state index is 0.0694. The first-order valence-corrected chi connectivity index (χ1v) is 3.01. The van der Waals surface area contributed by atoms with Gasteiger partial charge in [0.05, 0.1) is 13.3 Å².